The number of halogens is 2. The Morgan fingerprint density at radius 2 is 1.79 bits per heavy atom. The first kappa shape index (κ1) is 12.5. The predicted molar refractivity (Wildman–Crippen MR) is 72.2 cm³/mol. The van der Waals surface area contributed by atoms with Crippen molar-refractivity contribution in [1.82, 2.24) is 0 Å². The Balaban J connectivity index is 3.00. The fourth-order valence-corrected chi connectivity index (χ4v) is 2.92. The van der Waals surface area contributed by atoms with Gasteiger partial charge in [0.2, 0.25) is 0 Å². The first-order valence-electron chi connectivity index (χ1n) is 4.10. The van der Waals surface area contributed by atoms with Crippen LogP contribution in [0.5, 0.6) is 5.75 Å². The molecule has 0 heterocycles. The molecule has 5 heteroatoms. The highest BCUT2D eigenvalue weighted by molar-refractivity contribution is 14.1. The molecule has 3 nitrogen and oxygen atoms in total. The van der Waals surface area contributed by atoms with Crippen LogP contribution in [0.2, 0.25) is 0 Å². The van der Waals surface area contributed by atoms with Crippen molar-refractivity contribution < 1.29 is 10.2 Å². The van der Waals surface area contributed by atoms with Crippen LogP contribution >= 0.6 is 45.2 Å². The van der Waals surface area contributed by atoms with E-state index in [0.717, 1.165) is 12.7 Å². The van der Waals surface area contributed by atoms with Gasteiger partial charge >= 0.3 is 0 Å². The van der Waals surface area contributed by atoms with Crippen LogP contribution in [0.15, 0.2) is 12.1 Å². The van der Waals surface area contributed by atoms with Gasteiger partial charge in [0.1, 0.15) is 5.75 Å². The van der Waals surface area contributed by atoms with E-state index in [-0.39, 0.29) is 12.6 Å². The Kier molecular flexibility index (Phi) is 4.88. The van der Waals surface area contributed by atoms with Crippen LogP contribution in [-0.2, 0) is 0 Å². The molecule has 0 saturated heterocycles. The van der Waals surface area contributed by atoms with Gasteiger partial charge in [-0.1, -0.05) is 0 Å². The summed E-state index contributed by atoms with van der Waals surface area (Å²) < 4.78 is 1.58. The van der Waals surface area contributed by atoms with Gasteiger partial charge in [-0.15, -0.1) is 0 Å². The smallest absolute Gasteiger partial charge is 0.142 e. The summed E-state index contributed by atoms with van der Waals surface area (Å²) in [6, 6.07) is 3.53. The molecule has 0 radical (unpaired) electrons. The maximum absolute atomic E-state index is 9.54. The second-order valence-corrected chi connectivity index (χ2v) is 5.28. The molecule has 4 N–H and O–H groups in total. The Morgan fingerprint density at radius 3 is 2.21 bits per heavy atom. The molecule has 0 saturated carbocycles. The first-order valence-corrected chi connectivity index (χ1v) is 6.26. The van der Waals surface area contributed by atoms with Crippen molar-refractivity contribution in [2.75, 3.05) is 6.61 Å². The maximum Gasteiger partial charge on any atom is 0.142 e. The van der Waals surface area contributed by atoms with E-state index < -0.39 is 0 Å². The van der Waals surface area contributed by atoms with E-state index >= 15 is 0 Å². The van der Waals surface area contributed by atoms with Gasteiger partial charge in [0.05, 0.1) is 7.14 Å². The third-order valence-corrected chi connectivity index (χ3v) is 3.55. The van der Waals surface area contributed by atoms with Crippen LogP contribution in [0.3, 0.4) is 0 Å². The highest BCUT2D eigenvalue weighted by atomic mass is 127. The number of nitrogens with two attached hydrogens (primary N) is 1. The van der Waals surface area contributed by atoms with Crippen molar-refractivity contribution in [3.63, 3.8) is 0 Å². The number of aliphatic hydroxyl groups is 1. The largest absolute Gasteiger partial charge is 0.506 e. The number of aliphatic hydroxyl groups excluding tert-OH is 1. The van der Waals surface area contributed by atoms with Gasteiger partial charge in [0, 0.05) is 12.6 Å². The molecule has 0 aliphatic rings. The number of hydrogen-bond donors (Lipinski definition) is 3. The van der Waals surface area contributed by atoms with Crippen LogP contribution in [0.4, 0.5) is 0 Å². The van der Waals surface area contributed by atoms with Gasteiger partial charge < -0.3 is 15.9 Å². The highest BCUT2D eigenvalue weighted by Crippen LogP contribution is 2.29. The van der Waals surface area contributed by atoms with Gasteiger partial charge in [-0.2, -0.15) is 0 Å². The van der Waals surface area contributed by atoms with Crippen molar-refractivity contribution in [3.8, 4) is 5.75 Å². The third kappa shape index (κ3) is 2.94. The number of benzene rings is 1. The van der Waals surface area contributed by atoms with Crippen LogP contribution in [0, 0.1) is 7.14 Å². The van der Waals surface area contributed by atoms with Crippen LogP contribution in [-0.4, -0.2) is 16.8 Å². The van der Waals surface area contributed by atoms with Crippen molar-refractivity contribution in [1.29, 1.82) is 0 Å². The van der Waals surface area contributed by atoms with Crippen molar-refractivity contribution in [3.05, 3.63) is 24.8 Å². The molecule has 1 rings (SSSR count). The van der Waals surface area contributed by atoms with Gasteiger partial charge in [-0.05, 0) is 69.3 Å². The summed E-state index contributed by atoms with van der Waals surface area (Å²) in [6.45, 7) is 0.0786. The summed E-state index contributed by atoms with van der Waals surface area (Å²) >= 11 is 4.13. The molecule has 0 bridgehead atoms. The summed E-state index contributed by atoms with van der Waals surface area (Å²) in [5.41, 5.74) is 6.79. The fourth-order valence-electron chi connectivity index (χ4n) is 1.10. The monoisotopic (exact) mass is 419 g/mol. The van der Waals surface area contributed by atoms with E-state index in [1.807, 2.05) is 12.1 Å². The second-order valence-electron chi connectivity index (χ2n) is 2.95. The van der Waals surface area contributed by atoms with Crippen LogP contribution < -0.4 is 5.73 Å². The summed E-state index contributed by atoms with van der Waals surface area (Å²) in [6.07, 6.45) is 0.539. The summed E-state index contributed by atoms with van der Waals surface area (Å²) in [4.78, 5) is 0. The van der Waals surface area contributed by atoms with Crippen LogP contribution in [0.1, 0.15) is 18.0 Å². The molecular weight excluding hydrogens is 408 g/mol. The lowest BCUT2D eigenvalue weighted by atomic mass is 10.1. The van der Waals surface area contributed by atoms with E-state index in [1.54, 1.807) is 0 Å². The SMILES string of the molecule is N[C@@H](CCO)c1cc(I)c(O)c(I)c1. The normalized spacial score (nSPS) is 12.9. The van der Waals surface area contributed by atoms with E-state index in [1.165, 1.54) is 0 Å². The first-order chi connectivity index (χ1) is 6.56. The standard InChI is InChI=1S/C9H11I2NO2/c10-6-3-5(8(12)1-2-13)4-7(11)9(6)14/h3-4,8,13-14H,1-2,12H2/t8-/m0/s1. The second kappa shape index (κ2) is 5.47. The fraction of sp³-hybridized carbons (Fsp3) is 0.333. The van der Waals surface area contributed by atoms with Crippen molar-refractivity contribution in [2.45, 2.75) is 12.5 Å². The van der Waals surface area contributed by atoms with E-state index in [4.69, 9.17) is 10.8 Å². The number of rotatable bonds is 3. The quantitative estimate of drug-likeness (QED) is 0.657. The average Bonchev–Trinajstić information content (AvgIpc) is 2.13. The Hall–Kier alpha value is 0.400. The number of aromatic hydroxyl groups is 1. The Morgan fingerprint density at radius 1 is 1.29 bits per heavy atom. The molecular formula is C9H11I2NO2. The molecule has 78 valence electrons. The van der Waals surface area contributed by atoms with Gasteiger partial charge in [0.25, 0.3) is 0 Å². The third-order valence-electron chi connectivity index (χ3n) is 1.91. The minimum Gasteiger partial charge on any atom is -0.506 e. The minimum atomic E-state index is -0.164. The molecule has 0 aliphatic heterocycles. The van der Waals surface area contributed by atoms with Crippen LogP contribution in [0.25, 0.3) is 0 Å². The van der Waals surface area contributed by atoms with Gasteiger partial charge in [-0.25, -0.2) is 0 Å². The van der Waals surface area contributed by atoms with E-state index in [2.05, 4.69) is 45.2 Å². The highest BCUT2D eigenvalue weighted by Gasteiger charge is 2.10. The summed E-state index contributed by atoms with van der Waals surface area (Å²) in [5.74, 6) is 0.297. The number of phenols is 1. The lowest BCUT2D eigenvalue weighted by molar-refractivity contribution is 0.276. The Labute approximate surface area is 110 Å². The minimum absolute atomic E-state index is 0.0786. The maximum atomic E-state index is 9.54. The zero-order valence-electron chi connectivity index (χ0n) is 7.37. The molecule has 0 amide bonds. The molecule has 0 aromatic heterocycles. The van der Waals surface area contributed by atoms with Crippen molar-refractivity contribution in [2.24, 2.45) is 5.73 Å². The topological polar surface area (TPSA) is 66.5 Å². The Bertz CT molecular complexity index is 308. The molecule has 1 aromatic carbocycles. The van der Waals surface area contributed by atoms with Gasteiger partial charge in [0.15, 0.2) is 0 Å². The van der Waals surface area contributed by atoms with E-state index in [9.17, 15) is 5.11 Å². The molecule has 0 unspecified atom stereocenters. The lowest BCUT2D eigenvalue weighted by Gasteiger charge is -2.12. The van der Waals surface area contributed by atoms with Crippen molar-refractivity contribution >= 4 is 45.2 Å². The van der Waals surface area contributed by atoms with Gasteiger partial charge in [-0.3, -0.25) is 0 Å². The predicted octanol–water partition coefficient (Wildman–Crippen LogP) is 1.98. The molecule has 0 spiro atoms. The average molecular weight is 419 g/mol. The molecule has 0 fully saturated rings. The van der Waals surface area contributed by atoms with E-state index in [0.29, 0.717) is 12.2 Å². The summed E-state index contributed by atoms with van der Waals surface area (Å²) in [7, 11) is 0. The molecule has 1 aromatic rings. The zero-order valence-corrected chi connectivity index (χ0v) is 11.7. The lowest BCUT2D eigenvalue weighted by Crippen LogP contribution is -2.12. The number of phenolic OH excluding ortho intramolecular Hbond substituents is 1. The molecule has 0 aliphatic carbocycles. The zero-order chi connectivity index (χ0) is 10.7. The summed E-state index contributed by atoms with van der Waals surface area (Å²) in [5, 5.41) is 18.3. The molecule has 14 heavy (non-hydrogen) atoms. The number of hydrogen-bond acceptors (Lipinski definition) is 3. The molecule has 1 atom stereocenters.